The number of benzene rings is 1. The summed E-state index contributed by atoms with van der Waals surface area (Å²) in [7, 11) is 3.05. The molecule has 1 aromatic carbocycles. The second-order valence-electron chi connectivity index (χ2n) is 4.91. The maximum Gasteiger partial charge on any atom is 0.255 e. The van der Waals surface area contributed by atoms with Crippen LogP contribution in [0.5, 0.6) is 11.5 Å². The highest BCUT2D eigenvalue weighted by Gasteiger charge is 2.22. The minimum atomic E-state index is -0.238. The molecule has 2 rings (SSSR count). The number of hydrogen-bond acceptors (Lipinski definition) is 5. The highest BCUT2D eigenvalue weighted by Crippen LogP contribution is 2.31. The fourth-order valence-corrected chi connectivity index (χ4v) is 2.44. The fourth-order valence-electron chi connectivity index (χ4n) is 2.44. The van der Waals surface area contributed by atoms with E-state index in [1.54, 1.807) is 22.9 Å². The fraction of sp³-hybridized carbons (Fsp3) is 0.438. The van der Waals surface area contributed by atoms with Crippen LogP contribution in [0.2, 0.25) is 0 Å². The third-order valence-corrected chi connectivity index (χ3v) is 3.62. The van der Waals surface area contributed by atoms with Crippen LogP contribution >= 0.6 is 0 Å². The normalized spacial score (nSPS) is 11.8. The van der Waals surface area contributed by atoms with Gasteiger partial charge in [0, 0.05) is 6.54 Å². The molecule has 7 nitrogen and oxygen atoms in total. The first kappa shape index (κ1) is 16.8. The number of ether oxygens (including phenoxy) is 2. The summed E-state index contributed by atoms with van der Waals surface area (Å²) in [6.07, 6.45) is 2.20. The Labute approximate surface area is 135 Å². The molecule has 23 heavy (non-hydrogen) atoms. The Balaban J connectivity index is 2.27. The Morgan fingerprint density at radius 1 is 1.30 bits per heavy atom. The highest BCUT2D eigenvalue weighted by atomic mass is 16.5. The third-order valence-electron chi connectivity index (χ3n) is 3.62. The van der Waals surface area contributed by atoms with Gasteiger partial charge < -0.3 is 14.8 Å². The van der Waals surface area contributed by atoms with Crippen LogP contribution in [0.25, 0.3) is 0 Å². The van der Waals surface area contributed by atoms with Gasteiger partial charge in [-0.05, 0) is 25.5 Å². The number of methoxy groups -OCH3 is 2. The van der Waals surface area contributed by atoms with Gasteiger partial charge in [0.15, 0.2) is 11.5 Å². The summed E-state index contributed by atoms with van der Waals surface area (Å²) in [5.41, 5.74) is 0.424. The van der Waals surface area contributed by atoms with Crippen LogP contribution < -0.4 is 14.8 Å². The van der Waals surface area contributed by atoms with E-state index in [1.165, 1.54) is 20.5 Å². The maximum atomic E-state index is 12.7. The second kappa shape index (κ2) is 7.62. The van der Waals surface area contributed by atoms with Crippen LogP contribution in [-0.2, 0) is 6.54 Å². The van der Waals surface area contributed by atoms with Crippen molar-refractivity contribution in [3.63, 3.8) is 0 Å². The predicted molar refractivity (Wildman–Crippen MR) is 85.7 cm³/mol. The Bertz CT molecular complexity index is 669. The molecule has 7 heteroatoms. The molecule has 0 aliphatic rings. The molecule has 0 saturated heterocycles. The summed E-state index contributed by atoms with van der Waals surface area (Å²) in [6.45, 7) is 4.67. The monoisotopic (exact) mass is 318 g/mol. The zero-order chi connectivity index (χ0) is 16.8. The smallest absolute Gasteiger partial charge is 0.255 e. The van der Waals surface area contributed by atoms with E-state index < -0.39 is 0 Å². The van der Waals surface area contributed by atoms with Crippen LogP contribution in [0.3, 0.4) is 0 Å². The summed E-state index contributed by atoms with van der Waals surface area (Å²) in [6, 6.07) is 4.99. The van der Waals surface area contributed by atoms with Gasteiger partial charge in [-0.3, -0.25) is 4.79 Å². The number of aryl methyl sites for hydroxylation is 1. The molecule has 0 unspecified atom stereocenters. The molecule has 0 aliphatic heterocycles. The summed E-state index contributed by atoms with van der Waals surface area (Å²) < 4.78 is 12.3. The lowest BCUT2D eigenvalue weighted by Gasteiger charge is -2.18. The quantitative estimate of drug-likeness (QED) is 0.846. The van der Waals surface area contributed by atoms with Crippen LogP contribution in [0.15, 0.2) is 24.5 Å². The van der Waals surface area contributed by atoms with Crippen LogP contribution in [0, 0.1) is 0 Å². The van der Waals surface area contributed by atoms with E-state index in [0.717, 1.165) is 5.82 Å². The van der Waals surface area contributed by atoms with Crippen LogP contribution in [0.4, 0.5) is 0 Å². The maximum absolute atomic E-state index is 12.7. The molecule has 1 N–H and O–H groups in total. The topological polar surface area (TPSA) is 78.3 Å². The van der Waals surface area contributed by atoms with E-state index in [4.69, 9.17) is 9.47 Å². The van der Waals surface area contributed by atoms with Gasteiger partial charge in [-0.1, -0.05) is 13.0 Å². The average Bonchev–Trinajstić information content (AvgIpc) is 3.06. The SMILES string of the molecule is CC[C@@H](NC(=O)c1cccc(OC)c1OC)c1ncnn1CC. The molecule has 0 saturated carbocycles. The van der Waals surface area contributed by atoms with Crippen molar-refractivity contribution in [1.29, 1.82) is 0 Å². The number of amides is 1. The van der Waals surface area contributed by atoms with Crippen LogP contribution in [-0.4, -0.2) is 34.9 Å². The molecular formula is C16H22N4O3. The Morgan fingerprint density at radius 2 is 2.09 bits per heavy atom. The molecule has 0 aliphatic carbocycles. The molecule has 2 aromatic rings. The van der Waals surface area contributed by atoms with E-state index >= 15 is 0 Å². The molecule has 1 amide bonds. The number of hydrogen-bond donors (Lipinski definition) is 1. The largest absolute Gasteiger partial charge is 0.493 e. The Morgan fingerprint density at radius 3 is 2.70 bits per heavy atom. The zero-order valence-electron chi connectivity index (χ0n) is 13.9. The van der Waals surface area contributed by atoms with Gasteiger partial charge in [-0.2, -0.15) is 5.10 Å². The minimum Gasteiger partial charge on any atom is -0.493 e. The van der Waals surface area contributed by atoms with Crippen LogP contribution in [0.1, 0.15) is 42.5 Å². The molecule has 0 bridgehead atoms. The number of rotatable bonds is 7. The molecule has 0 spiro atoms. The number of nitrogens with zero attached hydrogens (tertiary/aromatic N) is 3. The van der Waals surface area contributed by atoms with Gasteiger partial charge in [0.1, 0.15) is 12.2 Å². The first-order valence-electron chi connectivity index (χ1n) is 7.55. The lowest BCUT2D eigenvalue weighted by Crippen LogP contribution is -2.30. The van der Waals surface area contributed by atoms with Gasteiger partial charge in [0.2, 0.25) is 0 Å². The van der Waals surface area contributed by atoms with Crippen molar-refractivity contribution in [2.45, 2.75) is 32.9 Å². The first-order chi connectivity index (χ1) is 11.2. The molecule has 0 fully saturated rings. The molecule has 0 radical (unpaired) electrons. The van der Waals surface area contributed by atoms with Gasteiger partial charge in [-0.15, -0.1) is 0 Å². The minimum absolute atomic E-state index is 0.221. The molecular weight excluding hydrogens is 296 g/mol. The third kappa shape index (κ3) is 3.44. The molecule has 1 aromatic heterocycles. The van der Waals surface area contributed by atoms with Gasteiger partial charge >= 0.3 is 0 Å². The lowest BCUT2D eigenvalue weighted by molar-refractivity contribution is 0.0929. The number of carbonyl (C=O) groups excluding carboxylic acids is 1. The van der Waals surface area contributed by atoms with Gasteiger partial charge in [0.05, 0.1) is 25.8 Å². The highest BCUT2D eigenvalue weighted by molar-refractivity contribution is 5.98. The molecule has 1 heterocycles. The number of nitrogens with one attached hydrogen (secondary N) is 1. The number of para-hydroxylation sites is 1. The van der Waals surface area contributed by atoms with Crippen molar-refractivity contribution < 1.29 is 14.3 Å². The summed E-state index contributed by atoms with van der Waals surface area (Å²) in [4.78, 5) is 16.9. The Kier molecular flexibility index (Phi) is 5.56. The van der Waals surface area contributed by atoms with E-state index in [1.807, 2.05) is 13.8 Å². The number of aromatic nitrogens is 3. The summed E-state index contributed by atoms with van der Waals surface area (Å²) in [5, 5.41) is 7.14. The first-order valence-corrected chi connectivity index (χ1v) is 7.55. The van der Waals surface area contributed by atoms with Crippen molar-refractivity contribution >= 4 is 5.91 Å². The van der Waals surface area contributed by atoms with Crippen molar-refractivity contribution in [3.8, 4) is 11.5 Å². The summed E-state index contributed by atoms with van der Waals surface area (Å²) in [5.74, 6) is 1.44. The Hall–Kier alpha value is -2.57. The van der Waals surface area contributed by atoms with Crippen molar-refractivity contribution in [1.82, 2.24) is 20.1 Å². The van der Waals surface area contributed by atoms with Gasteiger partial charge in [0.25, 0.3) is 5.91 Å². The van der Waals surface area contributed by atoms with Crippen molar-refractivity contribution in [3.05, 3.63) is 35.9 Å². The standard InChI is InChI=1S/C16H22N4O3/c1-5-12(15-17-10-18-20(15)6-2)19-16(21)11-8-7-9-13(22-3)14(11)23-4/h7-10,12H,5-6H2,1-4H3,(H,19,21)/t12-/m1/s1. The predicted octanol–water partition coefficient (Wildman–Crippen LogP) is 2.20. The van der Waals surface area contributed by atoms with E-state index in [-0.39, 0.29) is 11.9 Å². The van der Waals surface area contributed by atoms with Crippen molar-refractivity contribution in [2.75, 3.05) is 14.2 Å². The molecule has 1 atom stereocenters. The average molecular weight is 318 g/mol. The van der Waals surface area contributed by atoms with Crippen molar-refractivity contribution in [2.24, 2.45) is 0 Å². The molecule has 124 valence electrons. The van der Waals surface area contributed by atoms with E-state index in [2.05, 4.69) is 15.4 Å². The number of carbonyl (C=O) groups is 1. The lowest BCUT2D eigenvalue weighted by atomic mass is 10.1. The summed E-state index contributed by atoms with van der Waals surface area (Å²) >= 11 is 0. The van der Waals surface area contributed by atoms with E-state index in [0.29, 0.717) is 30.0 Å². The van der Waals surface area contributed by atoms with Gasteiger partial charge in [-0.25, -0.2) is 9.67 Å². The van der Waals surface area contributed by atoms with E-state index in [9.17, 15) is 4.79 Å². The zero-order valence-corrected chi connectivity index (χ0v) is 13.9. The second-order valence-corrected chi connectivity index (χ2v) is 4.91.